The summed E-state index contributed by atoms with van der Waals surface area (Å²) in [6.45, 7) is 8.89. The first-order valence-corrected chi connectivity index (χ1v) is 22.6. The van der Waals surface area contributed by atoms with Crippen molar-refractivity contribution >= 4 is 29.4 Å². The van der Waals surface area contributed by atoms with Crippen molar-refractivity contribution in [3.8, 4) is 0 Å². The number of carboxylic acid groups (broad SMARTS) is 1. The Morgan fingerprint density at radius 3 is 2.31 bits per heavy atom. The van der Waals surface area contributed by atoms with Crippen LogP contribution in [0.2, 0.25) is 0 Å². The normalized spacial score (nSPS) is 38.8. The van der Waals surface area contributed by atoms with Crippen LogP contribution in [0.3, 0.4) is 0 Å². The lowest BCUT2D eigenvalue weighted by molar-refractivity contribution is -0.301. The van der Waals surface area contributed by atoms with E-state index in [4.69, 9.17) is 24.1 Å². The molecule has 5 N–H and O–H groups in total. The third-order valence-corrected chi connectivity index (χ3v) is 13.5. The molecule has 1 aliphatic carbocycles. The second kappa shape index (κ2) is 23.6. The molecular weight excluding hydrogens is 803 g/mol. The highest BCUT2D eigenvalue weighted by Gasteiger charge is 2.56. The highest BCUT2D eigenvalue weighted by molar-refractivity contribution is 6.39. The number of nitrogens with zero attached hydrogens (tertiary/aromatic N) is 1. The van der Waals surface area contributed by atoms with E-state index in [0.29, 0.717) is 63.4 Å². The van der Waals surface area contributed by atoms with Crippen LogP contribution in [0.1, 0.15) is 125 Å². The van der Waals surface area contributed by atoms with E-state index in [2.05, 4.69) is 0 Å². The molecule has 4 aliphatic rings. The standard InChI is InChI=1S/C47H73NO14/c1-27-20-28(2)22-38(52)43-40(60-7)24-30(4)47(58,62-43)44(55)45(56)48-19-13-12-15-34(48)46(57)61-42(29(3)23-32-17-18-35(49)39(25-32)59-6)31(5)36(50)26-37(51)33(21-27)14-10-8-9-11-16-41(53)54/h8,10,21,23,28,30-36,38-40,42-43,49-50,52,58H,9,11-20,22,24-26H2,1-7H3,(H,53,54)/b10-8+,27-21+,29-23+/t28-,30+,31+,32-,33+,34-,35+,36-,38-,39+,40-,42+,43+,47+/m0/s1. The first kappa shape index (κ1) is 51.3. The molecule has 0 radical (unpaired) electrons. The number of Topliss-reactive ketones (excluding diaryl/α,β-unsaturated/α-hetero) is 2. The highest BCUT2D eigenvalue weighted by atomic mass is 16.7. The van der Waals surface area contributed by atoms with Crippen LogP contribution in [0, 0.1) is 29.6 Å². The number of carbonyl (C=O) groups is 5. The molecular formula is C47H73NO14. The van der Waals surface area contributed by atoms with Crippen molar-refractivity contribution in [2.24, 2.45) is 29.6 Å². The zero-order valence-electron chi connectivity index (χ0n) is 37.8. The van der Waals surface area contributed by atoms with Gasteiger partial charge < -0.3 is 49.4 Å². The summed E-state index contributed by atoms with van der Waals surface area (Å²) in [6, 6.07) is -1.20. The Bertz CT molecular complexity index is 1640. The molecule has 2 bridgehead atoms. The third kappa shape index (κ3) is 13.4. The fraction of sp³-hybridized carbons (Fsp3) is 0.766. The number of hydrogen-bond donors (Lipinski definition) is 5. The Morgan fingerprint density at radius 2 is 1.63 bits per heavy atom. The van der Waals surface area contributed by atoms with E-state index in [-0.39, 0.29) is 56.3 Å². The molecule has 62 heavy (non-hydrogen) atoms. The van der Waals surface area contributed by atoms with Crippen LogP contribution < -0.4 is 0 Å². The minimum atomic E-state index is -2.62. The van der Waals surface area contributed by atoms with Crippen LogP contribution >= 0.6 is 0 Å². The number of esters is 1. The molecule has 3 heterocycles. The topological polar surface area (TPSA) is 227 Å². The number of rotatable bonds is 10. The van der Waals surface area contributed by atoms with Gasteiger partial charge in [0, 0.05) is 51.4 Å². The van der Waals surface area contributed by atoms with Gasteiger partial charge in [-0.15, -0.1) is 0 Å². The number of methoxy groups -OCH3 is 2. The Balaban J connectivity index is 1.76. The van der Waals surface area contributed by atoms with Crippen LogP contribution in [-0.4, -0.2) is 135 Å². The molecule has 0 aromatic rings. The summed E-state index contributed by atoms with van der Waals surface area (Å²) < 4.78 is 23.5. The number of cyclic esters (lactones) is 1. The fourth-order valence-corrected chi connectivity index (χ4v) is 9.77. The number of unbranched alkanes of at least 4 members (excludes halogenated alkanes) is 1. The Kier molecular flexibility index (Phi) is 19.5. The maximum absolute atomic E-state index is 14.4. The lowest BCUT2D eigenvalue weighted by Gasteiger charge is -2.46. The van der Waals surface area contributed by atoms with E-state index in [1.165, 1.54) is 7.11 Å². The molecule has 0 unspecified atom stereocenters. The van der Waals surface area contributed by atoms with Crippen LogP contribution in [0.25, 0.3) is 0 Å². The van der Waals surface area contributed by atoms with Gasteiger partial charge in [-0.1, -0.05) is 50.6 Å². The maximum atomic E-state index is 14.4. The summed E-state index contributed by atoms with van der Waals surface area (Å²) in [6.07, 6.45) is 5.69. The molecule has 3 fully saturated rings. The second-order valence-corrected chi connectivity index (χ2v) is 18.5. The summed E-state index contributed by atoms with van der Waals surface area (Å²) in [5, 5.41) is 54.8. The van der Waals surface area contributed by atoms with Gasteiger partial charge in [0.05, 0.1) is 30.5 Å². The summed E-state index contributed by atoms with van der Waals surface area (Å²) in [5.74, 6) is -9.52. The maximum Gasteiger partial charge on any atom is 0.329 e. The van der Waals surface area contributed by atoms with Crippen molar-refractivity contribution in [1.29, 1.82) is 0 Å². The Hall–Kier alpha value is -3.31. The van der Waals surface area contributed by atoms with Crippen molar-refractivity contribution in [2.75, 3.05) is 20.8 Å². The van der Waals surface area contributed by atoms with Gasteiger partial charge in [0.15, 0.2) is 0 Å². The van der Waals surface area contributed by atoms with Gasteiger partial charge in [-0.2, -0.15) is 0 Å². The SMILES string of the molecule is CO[C@H]1C[C@@H](C)[C@@]2(O)O[C@@H]1[C@@H](O)C[C@@H](C)C/C(C)=C/[C@@H](C/C=C/CCCC(=O)O)C(=O)C[C@H](O)[C@@H](C)[C@@H](/C(C)=C/[C@@H]1CC[C@@H](O)[C@H](OC)C1)OC(=O)[C@@H]1CCCCN1C(=O)C2=O. The van der Waals surface area contributed by atoms with E-state index in [0.717, 1.165) is 10.5 Å². The van der Waals surface area contributed by atoms with Crippen LogP contribution in [-0.2, 0) is 42.9 Å². The quantitative estimate of drug-likeness (QED) is 0.0875. The largest absolute Gasteiger partial charge is 0.481 e. The summed E-state index contributed by atoms with van der Waals surface area (Å²) in [5.41, 5.74) is 1.46. The van der Waals surface area contributed by atoms with Gasteiger partial charge in [-0.3, -0.25) is 19.2 Å². The van der Waals surface area contributed by atoms with E-state index in [9.17, 15) is 44.4 Å². The van der Waals surface area contributed by atoms with Crippen molar-refractivity contribution < 1.29 is 68.5 Å². The summed E-state index contributed by atoms with van der Waals surface area (Å²) in [7, 11) is 2.99. The van der Waals surface area contributed by atoms with Gasteiger partial charge in [0.1, 0.15) is 24.0 Å². The first-order valence-electron chi connectivity index (χ1n) is 22.6. The smallest absolute Gasteiger partial charge is 0.329 e. The lowest BCUT2D eigenvalue weighted by Crippen LogP contribution is -2.64. The van der Waals surface area contributed by atoms with E-state index in [1.807, 2.05) is 38.2 Å². The minimum absolute atomic E-state index is 0.0233. The van der Waals surface area contributed by atoms with Crippen LogP contribution in [0.5, 0.6) is 0 Å². The first-order chi connectivity index (χ1) is 29.3. The molecule has 1 amide bonds. The average molecular weight is 876 g/mol. The van der Waals surface area contributed by atoms with E-state index >= 15 is 0 Å². The van der Waals surface area contributed by atoms with Crippen LogP contribution in [0.15, 0.2) is 35.5 Å². The molecule has 14 atom stereocenters. The monoisotopic (exact) mass is 876 g/mol. The number of aliphatic carboxylic acids is 1. The minimum Gasteiger partial charge on any atom is -0.481 e. The lowest BCUT2D eigenvalue weighted by atomic mass is 9.81. The number of carboxylic acids is 1. The van der Waals surface area contributed by atoms with Crippen molar-refractivity contribution in [1.82, 2.24) is 4.90 Å². The zero-order chi connectivity index (χ0) is 45.9. The number of aliphatic hydroxyl groups excluding tert-OH is 3. The van der Waals surface area contributed by atoms with Crippen molar-refractivity contribution in [3.05, 3.63) is 35.5 Å². The third-order valence-electron chi connectivity index (χ3n) is 13.5. The molecule has 0 aromatic heterocycles. The number of hydrogen-bond acceptors (Lipinski definition) is 13. The molecule has 4 rings (SSSR count). The van der Waals surface area contributed by atoms with Gasteiger partial charge >= 0.3 is 11.9 Å². The number of allylic oxidation sites excluding steroid dienone is 5. The Labute approximate surface area is 366 Å². The number of carbonyl (C=O) groups excluding carboxylic acids is 4. The second-order valence-electron chi connectivity index (χ2n) is 18.5. The highest BCUT2D eigenvalue weighted by Crippen LogP contribution is 2.39. The number of ether oxygens (including phenoxy) is 4. The molecule has 15 nitrogen and oxygen atoms in total. The summed E-state index contributed by atoms with van der Waals surface area (Å²) >= 11 is 0. The van der Waals surface area contributed by atoms with Crippen molar-refractivity contribution in [3.63, 3.8) is 0 Å². The number of aliphatic hydroxyl groups is 4. The molecule has 0 aromatic carbocycles. The number of piperidine rings is 1. The molecule has 350 valence electrons. The van der Waals surface area contributed by atoms with Gasteiger partial charge in [0.2, 0.25) is 5.79 Å². The average Bonchev–Trinajstić information content (AvgIpc) is 3.23. The van der Waals surface area contributed by atoms with Gasteiger partial charge in [-0.05, 0) is 108 Å². The predicted molar refractivity (Wildman–Crippen MR) is 228 cm³/mol. The Morgan fingerprint density at radius 1 is 0.919 bits per heavy atom. The molecule has 2 saturated heterocycles. The molecule has 15 heteroatoms. The fourth-order valence-electron chi connectivity index (χ4n) is 9.77. The van der Waals surface area contributed by atoms with Crippen LogP contribution in [0.4, 0.5) is 0 Å². The summed E-state index contributed by atoms with van der Waals surface area (Å²) in [4.78, 5) is 69.1. The number of ketones is 2. The molecule has 3 aliphatic heterocycles. The predicted octanol–water partition coefficient (Wildman–Crippen LogP) is 4.61. The van der Waals surface area contributed by atoms with Gasteiger partial charge in [0.25, 0.3) is 11.7 Å². The zero-order valence-corrected chi connectivity index (χ0v) is 37.8. The molecule has 1 saturated carbocycles. The van der Waals surface area contributed by atoms with Gasteiger partial charge in [-0.25, -0.2) is 4.79 Å². The number of amides is 1. The van der Waals surface area contributed by atoms with E-state index < -0.39 is 95.9 Å². The van der Waals surface area contributed by atoms with Crippen molar-refractivity contribution in [2.45, 2.75) is 179 Å². The number of fused-ring (bicyclic) bond motifs is 3. The van der Waals surface area contributed by atoms with E-state index in [1.54, 1.807) is 27.9 Å². The molecule has 0 spiro atoms.